The Morgan fingerprint density at radius 2 is 1.12 bits per heavy atom. The van der Waals surface area contributed by atoms with Gasteiger partial charge in [0.1, 0.15) is 0 Å². The topological polar surface area (TPSA) is 0 Å². The molecule has 0 heteroatoms. The van der Waals surface area contributed by atoms with Crippen LogP contribution in [0.15, 0.2) is 122 Å². The zero-order valence-electron chi connectivity index (χ0n) is 22.0. The second-order valence-corrected chi connectivity index (χ2v) is 6.57. The van der Waals surface area contributed by atoms with Crippen molar-refractivity contribution in [2.24, 2.45) is 0 Å². The molecule has 0 spiro atoms. The van der Waals surface area contributed by atoms with Crippen molar-refractivity contribution >= 4 is 0 Å². The molecule has 0 N–H and O–H groups in total. The third-order valence-corrected chi connectivity index (χ3v) is 5.17. The van der Waals surface area contributed by atoms with E-state index in [2.05, 4.69) is 99.5 Å². The Bertz CT molecular complexity index is 918. The molecule has 0 heterocycles. The summed E-state index contributed by atoms with van der Waals surface area (Å²) in [6.45, 7) is 26.2. The molecule has 0 saturated carbocycles. The molecule has 0 aromatic heterocycles. The van der Waals surface area contributed by atoms with Crippen molar-refractivity contribution < 1.29 is 0 Å². The Morgan fingerprint density at radius 3 is 1.52 bits per heavy atom. The predicted octanol–water partition coefficient (Wildman–Crippen LogP) is 10.4. The molecular formula is C33H44. The second kappa shape index (κ2) is 16.5. The van der Waals surface area contributed by atoms with Crippen LogP contribution in [-0.2, 0) is 5.41 Å². The molecule has 33 heavy (non-hydrogen) atoms. The van der Waals surface area contributed by atoms with Crippen LogP contribution in [-0.4, -0.2) is 0 Å². The van der Waals surface area contributed by atoms with Crippen LogP contribution in [0.5, 0.6) is 0 Å². The van der Waals surface area contributed by atoms with Crippen LogP contribution in [0.25, 0.3) is 11.1 Å². The van der Waals surface area contributed by atoms with E-state index in [-0.39, 0.29) is 0 Å². The van der Waals surface area contributed by atoms with E-state index in [1.165, 1.54) is 27.8 Å². The standard InChI is InChI=1S/C27H26.3C2H6/c1-5-9-16-22(15-7-3)27(21(8-4)14-6-2)25-19-12-10-17-23(25)24-18-11-13-20-26(24)27;3*1-2/h6-20H,2-5H2,1H3;3*1-2H3/b16-9-,21-14+,22-15+;;;. The van der Waals surface area contributed by atoms with Gasteiger partial charge in [0, 0.05) is 0 Å². The molecule has 1 aliphatic carbocycles. The summed E-state index contributed by atoms with van der Waals surface area (Å²) < 4.78 is 0. The molecule has 0 atom stereocenters. The summed E-state index contributed by atoms with van der Waals surface area (Å²) in [4.78, 5) is 0. The van der Waals surface area contributed by atoms with E-state index in [1.807, 2.05) is 59.8 Å². The maximum absolute atomic E-state index is 4.14. The van der Waals surface area contributed by atoms with Crippen molar-refractivity contribution in [2.45, 2.75) is 60.3 Å². The van der Waals surface area contributed by atoms with Crippen molar-refractivity contribution in [3.8, 4) is 11.1 Å². The van der Waals surface area contributed by atoms with E-state index in [9.17, 15) is 0 Å². The lowest BCUT2D eigenvalue weighted by Crippen LogP contribution is -2.29. The Kier molecular flexibility index (Phi) is 14.9. The molecule has 0 saturated heterocycles. The van der Waals surface area contributed by atoms with Gasteiger partial charge in [0.25, 0.3) is 0 Å². The minimum Gasteiger partial charge on any atom is -0.0991 e. The Morgan fingerprint density at radius 1 is 0.697 bits per heavy atom. The molecule has 0 amide bonds. The van der Waals surface area contributed by atoms with Gasteiger partial charge in [-0.05, 0) is 39.8 Å². The summed E-state index contributed by atoms with van der Waals surface area (Å²) in [6, 6.07) is 17.3. The fourth-order valence-corrected chi connectivity index (χ4v) is 4.17. The van der Waals surface area contributed by atoms with Crippen LogP contribution in [0.3, 0.4) is 0 Å². The number of hydrogen-bond donors (Lipinski definition) is 0. The first-order valence-corrected chi connectivity index (χ1v) is 12.4. The van der Waals surface area contributed by atoms with E-state index >= 15 is 0 Å². The summed E-state index contributed by atoms with van der Waals surface area (Å²) in [5.41, 5.74) is 6.95. The fraction of sp³-hybridized carbons (Fsp3) is 0.273. The van der Waals surface area contributed by atoms with E-state index in [4.69, 9.17) is 0 Å². The third-order valence-electron chi connectivity index (χ3n) is 5.17. The summed E-state index contributed by atoms with van der Waals surface area (Å²) in [6.07, 6.45) is 15.3. The highest BCUT2D eigenvalue weighted by Crippen LogP contribution is 2.56. The normalized spacial score (nSPS) is 13.1. The maximum atomic E-state index is 4.14. The maximum Gasteiger partial charge on any atom is 0.0713 e. The van der Waals surface area contributed by atoms with Gasteiger partial charge < -0.3 is 0 Å². The quantitative estimate of drug-likeness (QED) is 0.375. The monoisotopic (exact) mass is 440 g/mol. The fourth-order valence-electron chi connectivity index (χ4n) is 4.17. The van der Waals surface area contributed by atoms with E-state index in [0.717, 1.165) is 12.0 Å². The smallest absolute Gasteiger partial charge is 0.0713 e. The SMILES string of the molecule is C=C/C=C(\C=C)C1(C(/C=C\CC)=C/C=C)c2ccccc2-c2ccccc21.CC.CC.CC. The largest absolute Gasteiger partial charge is 0.0991 e. The molecule has 176 valence electrons. The lowest BCUT2D eigenvalue weighted by atomic mass is 9.66. The highest BCUT2D eigenvalue weighted by atomic mass is 14.5. The predicted molar refractivity (Wildman–Crippen MR) is 153 cm³/mol. The summed E-state index contributed by atoms with van der Waals surface area (Å²) in [5.74, 6) is 0. The number of rotatable bonds is 7. The minimum absolute atomic E-state index is 0.428. The Labute approximate surface area is 204 Å². The molecule has 3 rings (SSSR count). The molecule has 0 fully saturated rings. The summed E-state index contributed by atoms with van der Waals surface area (Å²) in [5, 5.41) is 0. The van der Waals surface area contributed by atoms with Gasteiger partial charge in [0.05, 0.1) is 5.41 Å². The van der Waals surface area contributed by atoms with E-state index < -0.39 is 5.41 Å². The van der Waals surface area contributed by atoms with Crippen LogP contribution < -0.4 is 0 Å². The molecule has 0 nitrogen and oxygen atoms in total. The van der Waals surface area contributed by atoms with Crippen LogP contribution >= 0.6 is 0 Å². The number of allylic oxidation sites excluding steroid dienone is 9. The van der Waals surface area contributed by atoms with Crippen LogP contribution in [0.4, 0.5) is 0 Å². The molecule has 2 aromatic carbocycles. The average Bonchev–Trinajstić information content (AvgIpc) is 3.20. The highest BCUT2D eigenvalue weighted by molar-refractivity contribution is 5.87. The van der Waals surface area contributed by atoms with Gasteiger partial charge in [-0.1, -0.05) is 159 Å². The molecular weight excluding hydrogens is 396 g/mol. The van der Waals surface area contributed by atoms with E-state index in [1.54, 1.807) is 0 Å². The van der Waals surface area contributed by atoms with Gasteiger partial charge in [-0.2, -0.15) is 0 Å². The van der Waals surface area contributed by atoms with Crippen LogP contribution in [0.2, 0.25) is 0 Å². The van der Waals surface area contributed by atoms with Crippen molar-refractivity contribution in [1.29, 1.82) is 0 Å². The van der Waals surface area contributed by atoms with E-state index in [0.29, 0.717) is 0 Å². The average molecular weight is 441 g/mol. The van der Waals surface area contributed by atoms with Gasteiger partial charge >= 0.3 is 0 Å². The van der Waals surface area contributed by atoms with Crippen molar-refractivity contribution in [2.75, 3.05) is 0 Å². The molecule has 0 bridgehead atoms. The lowest BCUT2D eigenvalue weighted by molar-refractivity contribution is 0.765. The minimum atomic E-state index is -0.428. The van der Waals surface area contributed by atoms with Gasteiger partial charge in [-0.15, -0.1) is 0 Å². The first-order valence-electron chi connectivity index (χ1n) is 12.4. The van der Waals surface area contributed by atoms with Crippen LogP contribution in [0, 0.1) is 0 Å². The van der Waals surface area contributed by atoms with Gasteiger partial charge in [-0.3, -0.25) is 0 Å². The van der Waals surface area contributed by atoms with Gasteiger partial charge in [0.15, 0.2) is 0 Å². The van der Waals surface area contributed by atoms with Crippen molar-refractivity contribution in [3.05, 3.63) is 133 Å². The first-order chi connectivity index (χ1) is 16.2. The van der Waals surface area contributed by atoms with Crippen molar-refractivity contribution in [1.82, 2.24) is 0 Å². The molecule has 2 aromatic rings. The number of benzene rings is 2. The molecule has 0 unspecified atom stereocenters. The molecule has 0 aliphatic heterocycles. The highest BCUT2D eigenvalue weighted by Gasteiger charge is 2.46. The van der Waals surface area contributed by atoms with Crippen molar-refractivity contribution in [3.63, 3.8) is 0 Å². The number of fused-ring (bicyclic) bond motifs is 3. The molecule has 1 aliphatic rings. The lowest BCUT2D eigenvalue weighted by Gasteiger charge is -2.35. The third kappa shape index (κ3) is 6.02. The van der Waals surface area contributed by atoms with Gasteiger partial charge in [0.2, 0.25) is 0 Å². The summed E-state index contributed by atoms with van der Waals surface area (Å²) in [7, 11) is 0. The second-order valence-electron chi connectivity index (χ2n) is 6.57. The molecule has 0 radical (unpaired) electrons. The van der Waals surface area contributed by atoms with Crippen LogP contribution in [0.1, 0.15) is 66.0 Å². The first kappa shape index (κ1) is 29.9. The Hall–Kier alpha value is -3.12. The number of hydrogen-bond acceptors (Lipinski definition) is 0. The summed E-state index contributed by atoms with van der Waals surface area (Å²) >= 11 is 0. The zero-order chi connectivity index (χ0) is 25.3. The van der Waals surface area contributed by atoms with Gasteiger partial charge in [-0.25, -0.2) is 0 Å². The zero-order valence-corrected chi connectivity index (χ0v) is 22.0. The Balaban J connectivity index is 0.00000158.